The van der Waals surface area contributed by atoms with Crippen LogP contribution >= 0.6 is 23.1 Å². The van der Waals surface area contributed by atoms with E-state index >= 15 is 0 Å². The zero-order valence-corrected chi connectivity index (χ0v) is 33.7. The van der Waals surface area contributed by atoms with E-state index in [-0.39, 0.29) is 18.2 Å². The fourth-order valence-electron chi connectivity index (χ4n) is 6.71. The molecule has 10 heteroatoms. The lowest BCUT2D eigenvalue weighted by Gasteiger charge is -2.23. The molecule has 3 amide bonds. The molecule has 1 heterocycles. The molecule has 0 spiro atoms. The zero-order chi connectivity index (χ0) is 39.6. The number of hydrogen-bond donors (Lipinski definition) is 3. The summed E-state index contributed by atoms with van der Waals surface area (Å²) in [7, 11) is 0. The Bertz CT molecular complexity index is 2200. The first kappa shape index (κ1) is 40.2. The molecule has 0 radical (unpaired) electrons. The maximum absolute atomic E-state index is 13.9. The number of fused-ring (bicyclic) bond motifs is 1. The van der Waals surface area contributed by atoms with Gasteiger partial charge >= 0.3 is 5.97 Å². The smallest absolute Gasteiger partial charge is 0.341 e. The minimum absolute atomic E-state index is 0.0890. The summed E-state index contributed by atoms with van der Waals surface area (Å²) in [6, 6.07) is 34.3. The lowest BCUT2D eigenvalue weighted by Crippen LogP contribution is -2.30. The highest BCUT2D eigenvalue weighted by Crippen LogP contribution is 2.43. The normalized spacial score (nSPS) is 14.4. The van der Waals surface area contributed by atoms with Gasteiger partial charge in [0.1, 0.15) is 10.7 Å². The van der Waals surface area contributed by atoms with Crippen molar-refractivity contribution in [2.45, 2.75) is 75.4 Å². The summed E-state index contributed by atoms with van der Waals surface area (Å²) < 4.78 is 5.47. The monoisotopic (exact) mass is 785 g/mol. The minimum atomic E-state index is -0.489. The van der Waals surface area contributed by atoms with E-state index in [2.05, 4.69) is 54.1 Å². The number of carbonyl (C=O) groups is 4. The van der Waals surface area contributed by atoms with Crippen LogP contribution in [0.25, 0.3) is 6.08 Å². The summed E-state index contributed by atoms with van der Waals surface area (Å²) in [5.74, 6) is -0.821. The molecule has 3 N–H and O–H groups in total. The quantitative estimate of drug-likeness (QED) is 0.0587. The van der Waals surface area contributed by atoms with Gasteiger partial charge in [-0.15, -0.1) is 23.1 Å². The number of amides is 3. The molecule has 0 aliphatic heterocycles. The van der Waals surface area contributed by atoms with E-state index in [1.54, 1.807) is 43.3 Å². The lowest BCUT2D eigenvalue weighted by molar-refractivity contribution is -0.116. The summed E-state index contributed by atoms with van der Waals surface area (Å²) >= 11 is 2.85. The third-order valence-electron chi connectivity index (χ3n) is 9.73. The molecule has 1 aliphatic rings. The Labute approximate surface area is 337 Å². The summed E-state index contributed by atoms with van der Waals surface area (Å²) in [5.41, 5.74) is 5.67. The van der Waals surface area contributed by atoms with Gasteiger partial charge < -0.3 is 20.7 Å². The number of hydrogen-bond acceptors (Lipinski definition) is 7. The molecule has 0 saturated heterocycles. The zero-order valence-electron chi connectivity index (χ0n) is 32.1. The highest BCUT2D eigenvalue weighted by molar-refractivity contribution is 8.00. The van der Waals surface area contributed by atoms with Crippen molar-refractivity contribution in [1.29, 1.82) is 0 Å². The third kappa shape index (κ3) is 10.0. The van der Waals surface area contributed by atoms with Crippen LogP contribution in [0.15, 0.2) is 120 Å². The van der Waals surface area contributed by atoms with Gasteiger partial charge in [0.25, 0.3) is 11.8 Å². The Morgan fingerprint density at radius 1 is 0.875 bits per heavy atom. The molecule has 5 aromatic rings. The van der Waals surface area contributed by atoms with Crippen LogP contribution in [0.5, 0.6) is 0 Å². The Balaban J connectivity index is 1.18. The van der Waals surface area contributed by atoms with Crippen LogP contribution in [0.2, 0.25) is 0 Å². The fourth-order valence-corrected chi connectivity index (χ4v) is 9.05. The second kappa shape index (κ2) is 18.9. The van der Waals surface area contributed by atoms with Gasteiger partial charge in [0.2, 0.25) is 5.91 Å². The van der Waals surface area contributed by atoms with Gasteiger partial charge in [0.05, 0.1) is 17.4 Å². The maximum Gasteiger partial charge on any atom is 0.341 e. The molecule has 8 nitrogen and oxygen atoms in total. The number of anilines is 2. The third-order valence-corrected chi connectivity index (χ3v) is 12.3. The Morgan fingerprint density at radius 2 is 1.59 bits per heavy atom. The second-order valence-corrected chi connectivity index (χ2v) is 16.3. The van der Waals surface area contributed by atoms with Crippen molar-refractivity contribution >= 4 is 63.6 Å². The van der Waals surface area contributed by atoms with E-state index < -0.39 is 23.0 Å². The fraction of sp³-hybridized carbons (Fsp3) is 0.261. The summed E-state index contributed by atoms with van der Waals surface area (Å²) in [6.07, 6.45) is 4.63. The van der Waals surface area contributed by atoms with Crippen LogP contribution in [-0.4, -0.2) is 35.5 Å². The Hall–Kier alpha value is -5.45. The molecular formula is C46H47N3O5S2. The molecule has 4 aromatic carbocycles. The highest BCUT2D eigenvalue weighted by atomic mass is 32.2. The molecule has 0 fully saturated rings. The van der Waals surface area contributed by atoms with Crippen molar-refractivity contribution in [3.05, 3.63) is 153 Å². The number of esters is 1. The van der Waals surface area contributed by atoms with E-state index in [0.717, 1.165) is 40.2 Å². The molecular weight excluding hydrogens is 739 g/mol. The summed E-state index contributed by atoms with van der Waals surface area (Å²) in [5, 5.41) is 8.89. The number of benzene rings is 4. The van der Waals surface area contributed by atoms with Crippen molar-refractivity contribution < 1.29 is 23.9 Å². The topological polar surface area (TPSA) is 114 Å². The van der Waals surface area contributed by atoms with Crippen LogP contribution in [0, 0.1) is 0 Å². The molecule has 1 aromatic heterocycles. The van der Waals surface area contributed by atoms with Crippen molar-refractivity contribution in [2.24, 2.45) is 0 Å². The molecule has 1 aliphatic carbocycles. The van der Waals surface area contributed by atoms with Crippen molar-refractivity contribution in [2.75, 3.05) is 17.2 Å². The number of thiophene rings is 1. The molecule has 0 bridgehead atoms. The first-order valence-electron chi connectivity index (χ1n) is 19.1. The standard InChI is InChI=1S/C46H47N3O5S2/c1-5-39(44(52)49-45-41(46(53)54-6-2)37-25-24-34(27-40(37)56-45)32-14-9-7-10-15-32)55-36-19-13-18-35(28-36)47-43(51)38(48-42(50)33-16-11-8-12-17-33)26-30-20-22-31(23-21-30)29(3)4/h7-23,26,28-29,34,39H,5-6,24-25,27H2,1-4H3,(H,47,51)(H,48,50)(H,49,52)/b38-26+. The highest BCUT2D eigenvalue weighted by Gasteiger charge is 2.32. The number of rotatable bonds is 14. The van der Waals surface area contributed by atoms with Crippen LogP contribution in [-0.2, 0) is 27.2 Å². The van der Waals surface area contributed by atoms with Crippen LogP contribution < -0.4 is 16.0 Å². The molecule has 2 atom stereocenters. The average Bonchev–Trinajstić information content (AvgIpc) is 3.57. The average molecular weight is 786 g/mol. The van der Waals surface area contributed by atoms with Crippen molar-refractivity contribution in [3.8, 4) is 0 Å². The van der Waals surface area contributed by atoms with E-state index in [1.807, 2.05) is 61.5 Å². The predicted molar refractivity (Wildman–Crippen MR) is 228 cm³/mol. The first-order valence-corrected chi connectivity index (χ1v) is 20.8. The second-order valence-electron chi connectivity index (χ2n) is 14.0. The van der Waals surface area contributed by atoms with Crippen LogP contribution in [0.3, 0.4) is 0 Å². The maximum atomic E-state index is 13.9. The largest absolute Gasteiger partial charge is 0.462 e. The van der Waals surface area contributed by atoms with Gasteiger partial charge in [-0.2, -0.15) is 0 Å². The lowest BCUT2D eigenvalue weighted by atomic mass is 9.83. The SMILES string of the molecule is CCOC(=O)c1c(NC(=O)C(CC)Sc2cccc(NC(=O)/C(=C\c3ccc(C(C)C)cc3)NC(=O)c3ccccc3)c2)sc2c1CCC(c1ccccc1)C2. The Morgan fingerprint density at radius 3 is 2.27 bits per heavy atom. The molecule has 288 valence electrons. The van der Waals surface area contributed by atoms with E-state index in [4.69, 9.17) is 4.74 Å². The van der Waals surface area contributed by atoms with Gasteiger partial charge in [-0.25, -0.2) is 4.79 Å². The van der Waals surface area contributed by atoms with Crippen molar-refractivity contribution in [1.82, 2.24) is 5.32 Å². The van der Waals surface area contributed by atoms with Crippen molar-refractivity contribution in [3.63, 3.8) is 0 Å². The summed E-state index contributed by atoms with van der Waals surface area (Å²) in [6.45, 7) is 8.20. The molecule has 56 heavy (non-hydrogen) atoms. The number of ether oxygens (including phenoxy) is 1. The van der Waals surface area contributed by atoms with E-state index in [1.165, 1.54) is 34.2 Å². The predicted octanol–water partition coefficient (Wildman–Crippen LogP) is 10.2. The minimum Gasteiger partial charge on any atom is -0.462 e. The number of thioether (sulfide) groups is 1. The van der Waals surface area contributed by atoms with E-state index in [0.29, 0.717) is 40.1 Å². The van der Waals surface area contributed by atoms with Crippen LogP contribution in [0.1, 0.15) is 100 Å². The van der Waals surface area contributed by atoms with Gasteiger partial charge in [-0.05, 0) is 103 Å². The molecule has 2 unspecified atom stereocenters. The Kier molecular flexibility index (Phi) is 13.6. The number of nitrogens with one attached hydrogen (secondary N) is 3. The van der Waals surface area contributed by atoms with Gasteiger partial charge in [0.15, 0.2) is 0 Å². The van der Waals surface area contributed by atoms with E-state index in [9.17, 15) is 19.2 Å². The van der Waals surface area contributed by atoms with Gasteiger partial charge in [-0.3, -0.25) is 14.4 Å². The first-order chi connectivity index (χ1) is 27.1. The van der Waals surface area contributed by atoms with Gasteiger partial charge in [-0.1, -0.05) is 99.6 Å². The molecule has 0 saturated carbocycles. The van der Waals surface area contributed by atoms with Gasteiger partial charge in [0, 0.05) is 21.0 Å². The molecule has 6 rings (SSSR count). The number of carbonyl (C=O) groups excluding carboxylic acids is 4. The van der Waals surface area contributed by atoms with Crippen LogP contribution in [0.4, 0.5) is 10.7 Å². The summed E-state index contributed by atoms with van der Waals surface area (Å²) in [4.78, 5) is 56.0.